The minimum absolute atomic E-state index is 0.118. The van der Waals surface area contributed by atoms with Gasteiger partial charge in [-0.25, -0.2) is 0 Å². The van der Waals surface area contributed by atoms with Gasteiger partial charge in [0.2, 0.25) is 0 Å². The summed E-state index contributed by atoms with van der Waals surface area (Å²) in [4.78, 5) is 10.9. The molecule has 0 radical (unpaired) electrons. The number of aliphatic hydroxyl groups excluding tert-OH is 1. The van der Waals surface area contributed by atoms with Crippen molar-refractivity contribution in [3.8, 4) is 11.5 Å². The first-order valence-corrected chi connectivity index (χ1v) is 6.23. The topological polar surface area (TPSA) is 46.5 Å². The van der Waals surface area contributed by atoms with E-state index in [1.54, 1.807) is 30.3 Å². The summed E-state index contributed by atoms with van der Waals surface area (Å²) >= 11 is 5.82. The molecule has 0 heterocycles. The van der Waals surface area contributed by atoms with Gasteiger partial charge in [-0.2, -0.15) is 0 Å². The number of hydrogen-bond acceptors (Lipinski definition) is 3. The Hall–Kier alpha value is -1.84. The Morgan fingerprint density at radius 3 is 2.53 bits per heavy atom. The maximum absolute atomic E-state index is 10.9. The number of halogens is 1. The van der Waals surface area contributed by atoms with Crippen LogP contribution in [0, 0.1) is 0 Å². The zero-order valence-electron chi connectivity index (χ0n) is 10.2. The van der Waals surface area contributed by atoms with Crippen molar-refractivity contribution in [2.45, 2.75) is 6.42 Å². The molecule has 0 saturated carbocycles. The monoisotopic (exact) mass is 276 g/mol. The number of rotatable bonds is 5. The predicted molar refractivity (Wildman–Crippen MR) is 74.1 cm³/mol. The number of aldehydes is 1. The molecule has 2 aromatic rings. The van der Waals surface area contributed by atoms with Crippen LogP contribution in [-0.2, 0) is 6.42 Å². The SMILES string of the molecule is O=Cc1cc(Cl)ccc1Oc1ccc(CCO)cc1. The minimum atomic E-state index is 0.118. The molecule has 0 fully saturated rings. The molecule has 3 nitrogen and oxygen atoms in total. The minimum Gasteiger partial charge on any atom is -0.457 e. The summed E-state index contributed by atoms with van der Waals surface area (Å²) in [5, 5.41) is 9.33. The number of ether oxygens (including phenoxy) is 1. The van der Waals surface area contributed by atoms with E-state index in [2.05, 4.69) is 0 Å². The van der Waals surface area contributed by atoms with Crippen molar-refractivity contribution < 1.29 is 14.6 Å². The fraction of sp³-hybridized carbons (Fsp3) is 0.133. The van der Waals surface area contributed by atoms with Gasteiger partial charge in [0.15, 0.2) is 6.29 Å². The summed E-state index contributed by atoms with van der Waals surface area (Å²) in [5.74, 6) is 1.10. The standard InChI is InChI=1S/C15H13ClO3/c16-13-3-6-15(12(9-13)10-18)19-14-4-1-11(2-5-14)7-8-17/h1-6,9-10,17H,7-8H2. The molecule has 4 heteroatoms. The van der Waals surface area contributed by atoms with E-state index >= 15 is 0 Å². The van der Waals surface area contributed by atoms with Gasteiger partial charge >= 0.3 is 0 Å². The van der Waals surface area contributed by atoms with Gasteiger partial charge in [0.25, 0.3) is 0 Å². The molecule has 0 amide bonds. The van der Waals surface area contributed by atoms with E-state index in [0.29, 0.717) is 34.8 Å². The Kier molecular flexibility index (Phi) is 4.55. The highest BCUT2D eigenvalue weighted by Crippen LogP contribution is 2.27. The lowest BCUT2D eigenvalue weighted by Gasteiger charge is -2.08. The fourth-order valence-electron chi connectivity index (χ4n) is 1.68. The van der Waals surface area contributed by atoms with Crippen LogP contribution in [-0.4, -0.2) is 18.0 Å². The zero-order chi connectivity index (χ0) is 13.7. The van der Waals surface area contributed by atoms with E-state index in [0.717, 1.165) is 5.56 Å². The molecule has 0 aromatic heterocycles. The molecule has 1 N–H and O–H groups in total. The maximum atomic E-state index is 10.9. The van der Waals surface area contributed by atoms with Gasteiger partial charge < -0.3 is 9.84 Å². The Labute approximate surface area is 116 Å². The molecule has 0 aliphatic rings. The molecule has 98 valence electrons. The maximum Gasteiger partial charge on any atom is 0.153 e. The summed E-state index contributed by atoms with van der Waals surface area (Å²) in [6, 6.07) is 12.2. The Balaban J connectivity index is 2.18. The largest absolute Gasteiger partial charge is 0.457 e. The van der Waals surface area contributed by atoms with Crippen LogP contribution in [0.2, 0.25) is 5.02 Å². The van der Waals surface area contributed by atoms with Gasteiger partial charge in [0, 0.05) is 11.6 Å². The first kappa shape index (κ1) is 13.6. The van der Waals surface area contributed by atoms with Gasteiger partial charge in [-0.3, -0.25) is 4.79 Å². The van der Waals surface area contributed by atoms with Crippen LogP contribution in [0.4, 0.5) is 0 Å². The quantitative estimate of drug-likeness (QED) is 0.851. The van der Waals surface area contributed by atoms with Crippen LogP contribution in [0.25, 0.3) is 0 Å². The van der Waals surface area contributed by atoms with Gasteiger partial charge in [-0.05, 0) is 42.3 Å². The molecule has 19 heavy (non-hydrogen) atoms. The highest BCUT2D eigenvalue weighted by Gasteiger charge is 2.05. The van der Waals surface area contributed by atoms with Crippen molar-refractivity contribution in [2.75, 3.05) is 6.61 Å². The van der Waals surface area contributed by atoms with Crippen LogP contribution in [0.15, 0.2) is 42.5 Å². The van der Waals surface area contributed by atoms with Crippen LogP contribution in [0.1, 0.15) is 15.9 Å². The number of aliphatic hydroxyl groups is 1. The van der Waals surface area contributed by atoms with Gasteiger partial charge in [0.05, 0.1) is 5.56 Å². The van der Waals surface area contributed by atoms with E-state index in [-0.39, 0.29) is 6.61 Å². The third-order valence-corrected chi connectivity index (χ3v) is 2.89. The number of benzene rings is 2. The summed E-state index contributed by atoms with van der Waals surface area (Å²) < 4.78 is 5.64. The van der Waals surface area contributed by atoms with Gasteiger partial charge in [-0.1, -0.05) is 23.7 Å². The van der Waals surface area contributed by atoms with Crippen molar-refractivity contribution in [3.05, 3.63) is 58.6 Å². The molecule has 0 aliphatic heterocycles. The Morgan fingerprint density at radius 1 is 1.16 bits per heavy atom. The average molecular weight is 277 g/mol. The summed E-state index contributed by atoms with van der Waals surface area (Å²) in [7, 11) is 0. The van der Waals surface area contributed by atoms with Crippen LogP contribution in [0.3, 0.4) is 0 Å². The van der Waals surface area contributed by atoms with E-state index in [4.69, 9.17) is 21.4 Å². The molecule has 2 aromatic carbocycles. The predicted octanol–water partition coefficient (Wildman–Crippen LogP) is 3.48. The Bertz CT molecular complexity index is 564. The highest BCUT2D eigenvalue weighted by molar-refractivity contribution is 6.30. The third kappa shape index (κ3) is 3.56. The lowest BCUT2D eigenvalue weighted by molar-refractivity contribution is 0.112. The van der Waals surface area contributed by atoms with Crippen molar-refractivity contribution >= 4 is 17.9 Å². The molecule has 0 bridgehead atoms. The van der Waals surface area contributed by atoms with Crippen LogP contribution < -0.4 is 4.74 Å². The van der Waals surface area contributed by atoms with E-state index in [9.17, 15) is 4.79 Å². The molecule has 0 unspecified atom stereocenters. The van der Waals surface area contributed by atoms with E-state index < -0.39 is 0 Å². The number of carbonyl (C=O) groups is 1. The van der Waals surface area contributed by atoms with Crippen LogP contribution >= 0.6 is 11.6 Å². The lowest BCUT2D eigenvalue weighted by Crippen LogP contribution is -1.92. The molecule has 0 spiro atoms. The molecule has 0 atom stereocenters. The fourth-order valence-corrected chi connectivity index (χ4v) is 1.87. The average Bonchev–Trinajstić information content (AvgIpc) is 2.43. The number of hydrogen-bond donors (Lipinski definition) is 1. The normalized spacial score (nSPS) is 10.2. The second-order valence-electron chi connectivity index (χ2n) is 4.02. The first-order chi connectivity index (χ1) is 9.22. The summed E-state index contributed by atoms with van der Waals surface area (Å²) in [6.45, 7) is 0.118. The Morgan fingerprint density at radius 2 is 1.89 bits per heavy atom. The summed E-state index contributed by atoms with van der Waals surface area (Å²) in [6.07, 6.45) is 1.32. The summed E-state index contributed by atoms with van der Waals surface area (Å²) in [5.41, 5.74) is 1.44. The van der Waals surface area contributed by atoms with Crippen molar-refractivity contribution in [1.82, 2.24) is 0 Å². The van der Waals surface area contributed by atoms with E-state index in [1.807, 2.05) is 12.1 Å². The third-order valence-electron chi connectivity index (χ3n) is 2.65. The molecule has 2 rings (SSSR count). The number of carbonyl (C=O) groups excluding carboxylic acids is 1. The second-order valence-corrected chi connectivity index (χ2v) is 4.46. The second kappa shape index (κ2) is 6.36. The first-order valence-electron chi connectivity index (χ1n) is 5.85. The molecule has 0 saturated heterocycles. The highest BCUT2D eigenvalue weighted by atomic mass is 35.5. The zero-order valence-corrected chi connectivity index (χ0v) is 10.9. The lowest BCUT2D eigenvalue weighted by atomic mass is 10.1. The van der Waals surface area contributed by atoms with Crippen molar-refractivity contribution in [3.63, 3.8) is 0 Å². The van der Waals surface area contributed by atoms with Crippen molar-refractivity contribution in [1.29, 1.82) is 0 Å². The molecular formula is C15H13ClO3. The van der Waals surface area contributed by atoms with Gasteiger partial charge in [0.1, 0.15) is 11.5 Å². The van der Waals surface area contributed by atoms with Gasteiger partial charge in [-0.15, -0.1) is 0 Å². The van der Waals surface area contributed by atoms with E-state index in [1.165, 1.54) is 0 Å². The molecular weight excluding hydrogens is 264 g/mol. The van der Waals surface area contributed by atoms with Crippen molar-refractivity contribution in [2.24, 2.45) is 0 Å². The smallest absolute Gasteiger partial charge is 0.153 e. The van der Waals surface area contributed by atoms with Crippen LogP contribution in [0.5, 0.6) is 11.5 Å². The molecule has 0 aliphatic carbocycles.